The van der Waals surface area contributed by atoms with Gasteiger partial charge in [0.25, 0.3) is 11.1 Å². The summed E-state index contributed by atoms with van der Waals surface area (Å²) in [6, 6.07) is 5.99. The lowest BCUT2D eigenvalue weighted by Gasteiger charge is -2.24. The summed E-state index contributed by atoms with van der Waals surface area (Å²) in [4.78, 5) is 18.2. The maximum Gasteiger partial charge on any atom is 0.284 e. The normalized spacial score (nSPS) is 11.8. The minimum Gasteiger partial charge on any atom is -0.408 e. The molecule has 0 bridgehead atoms. The second-order valence-electron chi connectivity index (χ2n) is 5.78. The van der Waals surface area contributed by atoms with Gasteiger partial charge in [-0.3, -0.25) is 4.79 Å². The molecule has 7 nitrogen and oxygen atoms in total. The highest BCUT2D eigenvalue weighted by Crippen LogP contribution is 2.27. The smallest absolute Gasteiger partial charge is 0.284 e. The van der Waals surface area contributed by atoms with Crippen molar-refractivity contribution in [3.8, 4) is 11.7 Å². The molecule has 0 aliphatic carbocycles. The second kappa shape index (κ2) is 6.04. The molecule has 23 heavy (non-hydrogen) atoms. The van der Waals surface area contributed by atoms with E-state index in [0.29, 0.717) is 29.9 Å². The lowest BCUT2D eigenvalue weighted by Crippen LogP contribution is -2.32. The monoisotopic (exact) mass is 331 g/mol. The maximum absolute atomic E-state index is 10.5. The molecule has 0 atom stereocenters. The van der Waals surface area contributed by atoms with Crippen molar-refractivity contribution in [2.45, 2.75) is 24.5 Å². The van der Waals surface area contributed by atoms with E-state index in [0.717, 1.165) is 16.6 Å². The molecule has 1 aromatic carbocycles. The van der Waals surface area contributed by atoms with Crippen LogP contribution in [0.4, 0.5) is 0 Å². The fourth-order valence-corrected chi connectivity index (χ4v) is 2.60. The third-order valence-corrected chi connectivity index (χ3v) is 4.19. The number of nitrogens with one attached hydrogen (secondary N) is 2. The van der Waals surface area contributed by atoms with Crippen molar-refractivity contribution in [3.63, 3.8) is 0 Å². The van der Waals surface area contributed by atoms with Crippen LogP contribution in [0.1, 0.15) is 19.4 Å². The minimum absolute atomic E-state index is 0.184. The number of aromatic amines is 1. The molecule has 0 spiro atoms. The number of hydrogen-bond acceptors (Lipinski definition) is 6. The molecule has 2 aromatic heterocycles. The fourth-order valence-electron chi connectivity index (χ4n) is 2.32. The number of carbonyl (C=O) groups excluding carboxylic acids is 1. The van der Waals surface area contributed by atoms with Crippen molar-refractivity contribution in [3.05, 3.63) is 23.8 Å². The quantitative estimate of drug-likeness (QED) is 0.532. The van der Waals surface area contributed by atoms with Crippen molar-refractivity contribution >= 4 is 29.2 Å². The summed E-state index contributed by atoms with van der Waals surface area (Å²) in [6.07, 6.45) is 2.59. The highest BCUT2D eigenvalue weighted by molar-refractivity contribution is 7.98. The van der Waals surface area contributed by atoms with Gasteiger partial charge in [0.2, 0.25) is 6.41 Å². The van der Waals surface area contributed by atoms with E-state index in [-0.39, 0.29) is 5.41 Å². The van der Waals surface area contributed by atoms with Gasteiger partial charge in [-0.05, 0) is 24.0 Å². The van der Waals surface area contributed by atoms with Crippen LogP contribution in [0.5, 0.6) is 0 Å². The Morgan fingerprint density at radius 3 is 2.91 bits per heavy atom. The van der Waals surface area contributed by atoms with Gasteiger partial charge in [-0.25, -0.2) is 4.98 Å². The van der Waals surface area contributed by atoms with Gasteiger partial charge in [-0.15, -0.1) is 10.2 Å². The van der Waals surface area contributed by atoms with E-state index in [2.05, 4.69) is 39.3 Å². The van der Waals surface area contributed by atoms with Gasteiger partial charge in [0.15, 0.2) is 5.82 Å². The maximum atomic E-state index is 10.5. The summed E-state index contributed by atoms with van der Waals surface area (Å²) in [5, 5.41) is 11.1. The van der Waals surface area contributed by atoms with Gasteiger partial charge in [-0.2, -0.15) is 0 Å². The Morgan fingerprint density at radius 2 is 2.22 bits per heavy atom. The number of benzene rings is 1. The summed E-state index contributed by atoms with van der Waals surface area (Å²) in [5.41, 5.74) is 2.63. The van der Waals surface area contributed by atoms with E-state index in [1.54, 1.807) is 0 Å². The molecule has 2 heterocycles. The molecular weight excluding hydrogens is 314 g/mol. The predicted molar refractivity (Wildman–Crippen MR) is 88.3 cm³/mol. The zero-order chi connectivity index (χ0) is 16.4. The van der Waals surface area contributed by atoms with Crippen LogP contribution in [0.3, 0.4) is 0 Å². The van der Waals surface area contributed by atoms with E-state index >= 15 is 0 Å². The first kappa shape index (κ1) is 15.5. The van der Waals surface area contributed by atoms with Gasteiger partial charge in [0, 0.05) is 12.0 Å². The molecule has 0 saturated carbocycles. The predicted octanol–water partition coefficient (Wildman–Crippen LogP) is 2.36. The zero-order valence-electron chi connectivity index (χ0n) is 13.1. The van der Waals surface area contributed by atoms with Crippen molar-refractivity contribution in [1.82, 2.24) is 25.5 Å². The molecule has 3 rings (SSSR count). The Hall–Kier alpha value is -2.35. The van der Waals surface area contributed by atoms with Crippen molar-refractivity contribution in [1.29, 1.82) is 0 Å². The standard InChI is InChI=1S/C15H17N5O2S/c1-15(2,7-16-8-21)9-4-5-10-11(6-9)18-12(17-10)13-19-20-14(22-13)23-3/h4-6,8H,7H2,1-3H3,(H,16,21)(H,17,18). The van der Waals surface area contributed by atoms with Crippen molar-refractivity contribution < 1.29 is 9.21 Å². The summed E-state index contributed by atoms with van der Waals surface area (Å²) < 4.78 is 5.50. The average molecular weight is 331 g/mol. The van der Waals surface area contributed by atoms with Gasteiger partial charge >= 0.3 is 0 Å². The SMILES string of the molecule is CSc1nnc(-c2nc3ccc(C(C)(C)CNC=O)cc3[nH]2)o1. The third kappa shape index (κ3) is 3.07. The third-order valence-electron chi connectivity index (χ3n) is 3.67. The molecule has 1 amide bonds. The van der Waals surface area contributed by atoms with E-state index < -0.39 is 0 Å². The lowest BCUT2D eigenvalue weighted by molar-refractivity contribution is -0.109. The van der Waals surface area contributed by atoms with Crippen LogP contribution in [0.2, 0.25) is 0 Å². The number of H-pyrrole nitrogens is 1. The fraction of sp³-hybridized carbons (Fsp3) is 0.333. The Morgan fingerprint density at radius 1 is 1.39 bits per heavy atom. The van der Waals surface area contributed by atoms with Crippen LogP contribution in [-0.4, -0.2) is 39.4 Å². The number of amides is 1. The number of hydrogen-bond donors (Lipinski definition) is 2. The first-order valence-corrected chi connectivity index (χ1v) is 8.31. The lowest BCUT2D eigenvalue weighted by atomic mass is 9.84. The molecular formula is C15H17N5O2S. The molecule has 3 aromatic rings. The van der Waals surface area contributed by atoms with Crippen LogP contribution >= 0.6 is 11.8 Å². The van der Waals surface area contributed by atoms with Gasteiger partial charge < -0.3 is 14.7 Å². The van der Waals surface area contributed by atoms with E-state index in [4.69, 9.17) is 4.42 Å². The number of fused-ring (bicyclic) bond motifs is 1. The number of nitrogens with zero attached hydrogens (tertiary/aromatic N) is 3. The molecule has 0 saturated heterocycles. The topological polar surface area (TPSA) is 96.7 Å². The molecule has 2 N–H and O–H groups in total. The Labute approximate surface area is 137 Å². The number of imidazole rings is 1. The number of carbonyl (C=O) groups is 1. The molecule has 0 aliphatic rings. The number of rotatable bonds is 6. The van der Waals surface area contributed by atoms with Gasteiger partial charge in [-0.1, -0.05) is 31.7 Å². The number of thioether (sulfide) groups is 1. The van der Waals surface area contributed by atoms with Crippen LogP contribution in [0.25, 0.3) is 22.7 Å². The Bertz CT molecular complexity index is 839. The molecule has 8 heteroatoms. The summed E-state index contributed by atoms with van der Waals surface area (Å²) in [5.74, 6) is 0.919. The van der Waals surface area contributed by atoms with Gasteiger partial charge in [0.05, 0.1) is 11.0 Å². The summed E-state index contributed by atoms with van der Waals surface area (Å²) in [6.45, 7) is 4.71. The first-order valence-electron chi connectivity index (χ1n) is 7.08. The Kier molecular flexibility index (Phi) is 4.08. The van der Waals surface area contributed by atoms with Crippen LogP contribution < -0.4 is 5.32 Å². The highest BCUT2D eigenvalue weighted by atomic mass is 32.2. The average Bonchev–Trinajstić information content (AvgIpc) is 3.18. The zero-order valence-corrected chi connectivity index (χ0v) is 13.9. The van der Waals surface area contributed by atoms with Crippen molar-refractivity contribution in [2.24, 2.45) is 0 Å². The molecule has 120 valence electrons. The van der Waals surface area contributed by atoms with E-state index in [9.17, 15) is 4.79 Å². The highest BCUT2D eigenvalue weighted by Gasteiger charge is 2.21. The van der Waals surface area contributed by atoms with Crippen molar-refractivity contribution in [2.75, 3.05) is 12.8 Å². The molecule has 0 radical (unpaired) electrons. The largest absolute Gasteiger partial charge is 0.408 e. The second-order valence-corrected chi connectivity index (χ2v) is 6.53. The van der Waals surface area contributed by atoms with E-state index in [1.165, 1.54) is 11.8 Å². The molecule has 0 fully saturated rings. The minimum atomic E-state index is -0.184. The first-order chi connectivity index (χ1) is 11.0. The summed E-state index contributed by atoms with van der Waals surface area (Å²) in [7, 11) is 0. The van der Waals surface area contributed by atoms with Crippen LogP contribution in [-0.2, 0) is 10.2 Å². The molecule has 0 unspecified atom stereocenters. The van der Waals surface area contributed by atoms with E-state index in [1.807, 2.05) is 24.5 Å². The number of aromatic nitrogens is 4. The molecule has 0 aliphatic heterocycles. The Balaban J connectivity index is 1.96. The van der Waals surface area contributed by atoms with Crippen LogP contribution in [0.15, 0.2) is 27.8 Å². The van der Waals surface area contributed by atoms with Crippen LogP contribution in [0, 0.1) is 0 Å². The summed E-state index contributed by atoms with van der Waals surface area (Å²) >= 11 is 1.39. The van der Waals surface area contributed by atoms with Gasteiger partial charge in [0.1, 0.15) is 0 Å².